The fourth-order valence-electron chi connectivity index (χ4n) is 3.38. The average molecular weight is 394 g/mol. The van der Waals surface area contributed by atoms with Gasteiger partial charge in [0, 0.05) is 19.0 Å². The Morgan fingerprint density at radius 1 is 1.17 bits per heavy atom. The first-order chi connectivity index (χ1) is 13.9. The molecule has 3 rings (SSSR count). The molecule has 1 heterocycles. The van der Waals surface area contributed by atoms with Crippen LogP contribution in [0.15, 0.2) is 53.3 Å². The van der Waals surface area contributed by atoms with Crippen LogP contribution in [0.4, 0.5) is 0 Å². The number of amides is 1. The van der Waals surface area contributed by atoms with Crippen molar-refractivity contribution in [3.8, 4) is 5.75 Å². The number of carbonyl (C=O) groups is 1. The van der Waals surface area contributed by atoms with Crippen LogP contribution >= 0.6 is 0 Å². The lowest BCUT2D eigenvalue weighted by atomic mass is 10.1. The zero-order valence-corrected chi connectivity index (χ0v) is 17.2. The molecule has 2 aromatic carbocycles. The molecule has 0 aliphatic heterocycles. The van der Waals surface area contributed by atoms with Crippen LogP contribution < -0.4 is 15.6 Å². The van der Waals surface area contributed by atoms with Gasteiger partial charge in [-0.25, -0.2) is 4.68 Å². The van der Waals surface area contributed by atoms with E-state index >= 15 is 0 Å². The Labute approximate surface area is 169 Å². The molecule has 152 valence electrons. The predicted octanol–water partition coefficient (Wildman–Crippen LogP) is 1.90. The van der Waals surface area contributed by atoms with E-state index in [4.69, 9.17) is 4.74 Å². The number of rotatable bonds is 7. The minimum absolute atomic E-state index is 0.00103. The number of likely N-dealkylation sites (N-methyl/N-ethyl adjacent to an activating group) is 1. The normalized spacial score (nSPS) is 12.2. The molecule has 0 spiro atoms. The van der Waals surface area contributed by atoms with Crippen molar-refractivity contribution < 1.29 is 9.53 Å². The van der Waals surface area contributed by atoms with E-state index in [9.17, 15) is 9.59 Å². The topological polar surface area (TPSA) is 76.5 Å². The quantitative estimate of drug-likeness (QED) is 0.662. The van der Waals surface area contributed by atoms with E-state index in [-0.39, 0.29) is 23.9 Å². The summed E-state index contributed by atoms with van der Waals surface area (Å²) in [5, 5.41) is 8.57. The van der Waals surface area contributed by atoms with Gasteiger partial charge in [0.2, 0.25) is 5.91 Å². The van der Waals surface area contributed by atoms with Gasteiger partial charge in [0.15, 0.2) is 0 Å². The summed E-state index contributed by atoms with van der Waals surface area (Å²) < 4.78 is 6.59. The Kier molecular flexibility index (Phi) is 6.29. The fraction of sp³-hybridized carbons (Fsp3) is 0.318. The third-order valence-corrected chi connectivity index (χ3v) is 4.96. The van der Waals surface area contributed by atoms with E-state index in [2.05, 4.69) is 15.3 Å². The summed E-state index contributed by atoms with van der Waals surface area (Å²) in [6, 6.07) is 15.0. The number of fused-ring (bicyclic) bond motifs is 1. The van der Waals surface area contributed by atoms with Gasteiger partial charge in [0.05, 0.1) is 30.7 Å². The maximum Gasteiger partial charge on any atom is 0.274 e. The summed E-state index contributed by atoms with van der Waals surface area (Å²) in [4.78, 5) is 27.0. The monoisotopic (exact) mass is 394 g/mol. The third-order valence-electron chi connectivity index (χ3n) is 4.96. The molecule has 0 radical (unpaired) electrons. The van der Waals surface area contributed by atoms with Crippen molar-refractivity contribution >= 4 is 16.7 Å². The Morgan fingerprint density at radius 3 is 2.59 bits per heavy atom. The molecule has 7 nitrogen and oxygen atoms in total. The standard InChI is InChI=1S/C22H26N4O3/c1-25(2)20(15-8-7-9-16(12-15)29-4)14-23-21(27)13-19-17-10-5-6-11-18(17)22(28)26(3)24-19/h5-12,20H,13-14H2,1-4H3,(H,23,27)/t20-/m0/s1. The van der Waals surface area contributed by atoms with Crippen LogP contribution in [-0.2, 0) is 18.3 Å². The van der Waals surface area contributed by atoms with Crippen molar-refractivity contribution in [3.63, 3.8) is 0 Å². The Bertz CT molecular complexity index is 1080. The number of nitrogens with zero attached hydrogens (tertiary/aromatic N) is 3. The summed E-state index contributed by atoms with van der Waals surface area (Å²) in [6.07, 6.45) is 0.104. The van der Waals surface area contributed by atoms with Crippen molar-refractivity contribution in [3.05, 3.63) is 70.1 Å². The van der Waals surface area contributed by atoms with E-state index < -0.39 is 0 Å². The molecule has 0 aliphatic carbocycles. The first-order valence-electron chi connectivity index (χ1n) is 9.42. The molecule has 0 saturated heterocycles. The first-order valence-corrected chi connectivity index (χ1v) is 9.42. The maximum absolute atomic E-state index is 12.7. The second-order valence-corrected chi connectivity index (χ2v) is 7.16. The highest BCUT2D eigenvalue weighted by atomic mass is 16.5. The molecular weight excluding hydrogens is 368 g/mol. The number of aromatic nitrogens is 2. The van der Waals surface area contributed by atoms with E-state index in [1.807, 2.05) is 56.6 Å². The second kappa shape index (κ2) is 8.87. The SMILES string of the molecule is COc1cccc([C@H](CNC(=O)Cc2nn(C)c(=O)c3ccccc23)N(C)C)c1. The summed E-state index contributed by atoms with van der Waals surface area (Å²) in [6.45, 7) is 0.447. The zero-order valence-electron chi connectivity index (χ0n) is 17.2. The van der Waals surface area contributed by atoms with Crippen molar-refractivity contribution in [1.29, 1.82) is 0 Å². The number of carbonyl (C=O) groups excluding carboxylic acids is 1. The van der Waals surface area contributed by atoms with Crippen LogP contribution in [0.2, 0.25) is 0 Å². The molecule has 3 aromatic rings. The predicted molar refractivity (Wildman–Crippen MR) is 113 cm³/mol. The summed E-state index contributed by atoms with van der Waals surface area (Å²) >= 11 is 0. The van der Waals surface area contributed by atoms with Crippen LogP contribution in [0.1, 0.15) is 17.3 Å². The molecule has 0 bridgehead atoms. The lowest BCUT2D eigenvalue weighted by Crippen LogP contribution is -2.35. The Balaban J connectivity index is 1.76. The number of hydrogen-bond donors (Lipinski definition) is 1. The summed E-state index contributed by atoms with van der Waals surface area (Å²) in [5.41, 5.74) is 1.47. The van der Waals surface area contributed by atoms with Crippen molar-refractivity contribution in [2.45, 2.75) is 12.5 Å². The number of benzene rings is 2. The van der Waals surface area contributed by atoms with Gasteiger partial charge in [-0.15, -0.1) is 0 Å². The van der Waals surface area contributed by atoms with Crippen LogP contribution in [-0.4, -0.2) is 48.3 Å². The van der Waals surface area contributed by atoms with E-state index in [1.165, 1.54) is 4.68 Å². The third kappa shape index (κ3) is 4.63. The van der Waals surface area contributed by atoms with Gasteiger partial charge in [0.25, 0.3) is 5.56 Å². The van der Waals surface area contributed by atoms with Gasteiger partial charge < -0.3 is 15.0 Å². The van der Waals surface area contributed by atoms with Crippen LogP contribution in [0, 0.1) is 0 Å². The first kappa shape index (κ1) is 20.5. The van der Waals surface area contributed by atoms with Gasteiger partial charge in [-0.05, 0) is 37.9 Å². The molecule has 1 N–H and O–H groups in total. The number of aryl methyl sites for hydroxylation is 1. The highest BCUT2D eigenvalue weighted by molar-refractivity contribution is 5.88. The second-order valence-electron chi connectivity index (χ2n) is 7.16. The molecule has 29 heavy (non-hydrogen) atoms. The number of nitrogens with one attached hydrogen (secondary N) is 1. The van der Waals surface area contributed by atoms with Crippen LogP contribution in [0.5, 0.6) is 5.75 Å². The number of hydrogen-bond acceptors (Lipinski definition) is 5. The number of ether oxygens (including phenoxy) is 1. The van der Waals surface area contributed by atoms with E-state index in [0.717, 1.165) is 11.3 Å². The Hall–Kier alpha value is -3.19. The van der Waals surface area contributed by atoms with Gasteiger partial charge in [-0.2, -0.15) is 5.10 Å². The van der Waals surface area contributed by atoms with Crippen molar-refractivity contribution in [2.24, 2.45) is 7.05 Å². The summed E-state index contributed by atoms with van der Waals surface area (Å²) in [7, 11) is 7.17. The van der Waals surface area contributed by atoms with Crippen LogP contribution in [0.3, 0.4) is 0 Å². The van der Waals surface area contributed by atoms with Gasteiger partial charge in [-0.1, -0.05) is 30.3 Å². The highest BCUT2D eigenvalue weighted by Gasteiger charge is 2.17. The van der Waals surface area contributed by atoms with Crippen molar-refractivity contribution in [2.75, 3.05) is 27.7 Å². The summed E-state index contributed by atoms with van der Waals surface area (Å²) in [5.74, 6) is 0.637. The molecule has 0 aliphatic rings. The molecule has 0 fully saturated rings. The lowest BCUT2D eigenvalue weighted by molar-refractivity contribution is -0.120. The van der Waals surface area contributed by atoms with E-state index in [1.54, 1.807) is 20.2 Å². The van der Waals surface area contributed by atoms with Crippen molar-refractivity contribution in [1.82, 2.24) is 20.0 Å². The average Bonchev–Trinajstić information content (AvgIpc) is 2.72. The van der Waals surface area contributed by atoms with E-state index in [0.29, 0.717) is 23.0 Å². The molecule has 0 unspecified atom stereocenters. The molecule has 0 saturated carbocycles. The molecule has 1 aromatic heterocycles. The molecule has 7 heteroatoms. The Morgan fingerprint density at radius 2 is 1.90 bits per heavy atom. The van der Waals surface area contributed by atoms with Gasteiger partial charge in [0.1, 0.15) is 5.75 Å². The largest absolute Gasteiger partial charge is 0.497 e. The zero-order chi connectivity index (χ0) is 21.0. The number of methoxy groups -OCH3 is 1. The molecule has 1 amide bonds. The van der Waals surface area contributed by atoms with Gasteiger partial charge in [-0.3, -0.25) is 9.59 Å². The molecule has 1 atom stereocenters. The minimum atomic E-state index is -0.171. The smallest absolute Gasteiger partial charge is 0.274 e. The lowest BCUT2D eigenvalue weighted by Gasteiger charge is -2.25. The maximum atomic E-state index is 12.7. The molecular formula is C22H26N4O3. The minimum Gasteiger partial charge on any atom is -0.497 e. The fourth-order valence-corrected chi connectivity index (χ4v) is 3.38. The van der Waals surface area contributed by atoms with Gasteiger partial charge >= 0.3 is 0 Å². The van der Waals surface area contributed by atoms with Crippen LogP contribution in [0.25, 0.3) is 10.8 Å². The highest BCUT2D eigenvalue weighted by Crippen LogP contribution is 2.22.